The number of hydrogen-bond acceptors (Lipinski definition) is 4. The maximum absolute atomic E-state index is 12.9. The van der Waals surface area contributed by atoms with E-state index in [4.69, 9.17) is 0 Å². The Hall–Kier alpha value is -2.54. The number of anilines is 2. The van der Waals surface area contributed by atoms with Crippen LogP contribution in [0.25, 0.3) is 0 Å². The Balaban J connectivity index is 2.16. The molecule has 7 heteroatoms. The normalized spacial score (nSPS) is 12.3. The van der Waals surface area contributed by atoms with E-state index in [-0.39, 0.29) is 5.91 Å². The minimum absolute atomic E-state index is 0.308. The van der Waals surface area contributed by atoms with Gasteiger partial charge in [-0.1, -0.05) is 31.2 Å². The predicted octanol–water partition coefficient (Wildman–Crippen LogP) is 3.70. The molecule has 30 heavy (non-hydrogen) atoms. The van der Waals surface area contributed by atoms with Crippen molar-refractivity contribution in [2.75, 3.05) is 28.6 Å². The minimum Gasteiger partial charge on any atom is -0.372 e. The summed E-state index contributed by atoms with van der Waals surface area (Å²) in [6.07, 6.45) is 1.50. The summed E-state index contributed by atoms with van der Waals surface area (Å²) in [5, 5.41) is 2.90. The first-order valence-electron chi connectivity index (χ1n) is 10.4. The second-order valence-electron chi connectivity index (χ2n) is 7.38. The van der Waals surface area contributed by atoms with Crippen LogP contribution in [-0.2, 0) is 21.4 Å². The van der Waals surface area contributed by atoms with Crippen molar-refractivity contribution in [3.8, 4) is 0 Å². The van der Waals surface area contributed by atoms with Gasteiger partial charge in [0, 0.05) is 25.3 Å². The molecule has 2 rings (SSSR count). The third kappa shape index (κ3) is 5.98. The van der Waals surface area contributed by atoms with Crippen molar-refractivity contribution in [3.05, 3.63) is 59.7 Å². The molecule has 1 amide bonds. The molecule has 1 atom stereocenters. The van der Waals surface area contributed by atoms with E-state index in [1.54, 1.807) is 18.2 Å². The van der Waals surface area contributed by atoms with Crippen LogP contribution in [0.1, 0.15) is 38.3 Å². The van der Waals surface area contributed by atoms with Gasteiger partial charge >= 0.3 is 0 Å². The summed E-state index contributed by atoms with van der Waals surface area (Å²) in [5.74, 6) is -0.308. The second-order valence-corrected chi connectivity index (χ2v) is 9.24. The van der Waals surface area contributed by atoms with Crippen LogP contribution >= 0.6 is 0 Å². The number of sulfonamides is 1. The van der Waals surface area contributed by atoms with E-state index in [1.165, 1.54) is 4.31 Å². The lowest BCUT2D eigenvalue weighted by molar-refractivity contribution is -0.122. The molecule has 2 aromatic rings. The zero-order chi connectivity index (χ0) is 22.3. The molecule has 164 valence electrons. The number of carbonyl (C=O) groups is 1. The molecule has 0 fully saturated rings. The number of rotatable bonds is 10. The lowest BCUT2D eigenvalue weighted by atomic mass is 10.1. The highest BCUT2D eigenvalue weighted by Crippen LogP contribution is 2.23. The highest BCUT2D eigenvalue weighted by atomic mass is 32.2. The summed E-state index contributed by atoms with van der Waals surface area (Å²) in [5.41, 5.74) is 3.55. The van der Waals surface area contributed by atoms with Gasteiger partial charge in [0.05, 0.1) is 11.9 Å². The molecule has 0 unspecified atom stereocenters. The third-order valence-corrected chi connectivity index (χ3v) is 6.30. The van der Waals surface area contributed by atoms with Crippen molar-refractivity contribution in [3.63, 3.8) is 0 Å². The number of carbonyl (C=O) groups excluding carboxylic acids is 1. The van der Waals surface area contributed by atoms with Crippen molar-refractivity contribution in [2.24, 2.45) is 0 Å². The Morgan fingerprint density at radius 3 is 2.13 bits per heavy atom. The molecule has 0 aliphatic carbocycles. The molecule has 0 spiro atoms. The summed E-state index contributed by atoms with van der Waals surface area (Å²) >= 11 is 0. The highest BCUT2D eigenvalue weighted by Gasteiger charge is 2.31. The number of benzene rings is 2. The van der Waals surface area contributed by atoms with Crippen LogP contribution in [-0.4, -0.2) is 39.7 Å². The zero-order valence-electron chi connectivity index (χ0n) is 18.6. The number of nitrogens with zero attached hydrogens (tertiary/aromatic N) is 2. The van der Waals surface area contributed by atoms with E-state index in [2.05, 4.69) is 24.1 Å². The van der Waals surface area contributed by atoms with E-state index in [0.717, 1.165) is 36.2 Å². The monoisotopic (exact) mass is 431 g/mol. The molecule has 0 bridgehead atoms. The van der Waals surface area contributed by atoms with Gasteiger partial charge in [-0.2, -0.15) is 0 Å². The van der Waals surface area contributed by atoms with Gasteiger partial charge in [-0.05, 0) is 62.6 Å². The maximum atomic E-state index is 12.9. The van der Waals surface area contributed by atoms with Gasteiger partial charge in [0.1, 0.15) is 6.04 Å². The Bertz CT molecular complexity index is 938. The van der Waals surface area contributed by atoms with Gasteiger partial charge in [0.15, 0.2) is 0 Å². The van der Waals surface area contributed by atoms with Gasteiger partial charge in [0.2, 0.25) is 15.9 Å². The Kier molecular flexibility index (Phi) is 8.29. The fourth-order valence-corrected chi connectivity index (χ4v) is 4.75. The average molecular weight is 432 g/mol. The van der Waals surface area contributed by atoms with Crippen molar-refractivity contribution < 1.29 is 13.2 Å². The SMILES string of the molecule is CC[C@@H](C(=O)NCc1ccc(N(CC)CC)cc1)N(c1cccc(C)c1)S(C)(=O)=O. The lowest BCUT2D eigenvalue weighted by Gasteiger charge is -2.30. The molecule has 6 nitrogen and oxygen atoms in total. The summed E-state index contributed by atoms with van der Waals surface area (Å²) in [6, 6.07) is 14.4. The van der Waals surface area contributed by atoms with Crippen LogP contribution in [0, 0.1) is 6.92 Å². The summed E-state index contributed by atoms with van der Waals surface area (Å²) in [7, 11) is -3.63. The van der Waals surface area contributed by atoms with Gasteiger partial charge < -0.3 is 10.2 Å². The first-order chi connectivity index (χ1) is 14.2. The van der Waals surface area contributed by atoms with E-state index in [1.807, 2.05) is 44.2 Å². The van der Waals surface area contributed by atoms with Crippen molar-refractivity contribution in [1.29, 1.82) is 0 Å². The van der Waals surface area contributed by atoms with Crippen molar-refractivity contribution in [1.82, 2.24) is 5.32 Å². The van der Waals surface area contributed by atoms with E-state index in [0.29, 0.717) is 18.7 Å². The largest absolute Gasteiger partial charge is 0.372 e. The van der Waals surface area contributed by atoms with Crippen LogP contribution < -0.4 is 14.5 Å². The summed E-state index contributed by atoms with van der Waals surface area (Å²) in [4.78, 5) is 15.2. The van der Waals surface area contributed by atoms with Gasteiger partial charge in [-0.15, -0.1) is 0 Å². The topological polar surface area (TPSA) is 69.7 Å². The molecule has 0 aliphatic rings. The number of amides is 1. The maximum Gasteiger partial charge on any atom is 0.244 e. The van der Waals surface area contributed by atoms with Crippen LogP contribution in [0.3, 0.4) is 0 Å². The van der Waals surface area contributed by atoms with Crippen LogP contribution in [0.15, 0.2) is 48.5 Å². The second kappa shape index (κ2) is 10.5. The number of nitrogens with one attached hydrogen (secondary N) is 1. The smallest absolute Gasteiger partial charge is 0.244 e. The highest BCUT2D eigenvalue weighted by molar-refractivity contribution is 7.92. The third-order valence-electron chi connectivity index (χ3n) is 5.12. The van der Waals surface area contributed by atoms with E-state index >= 15 is 0 Å². The predicted molar refractivity (Wildman–Crippen MR) is 124 cm³/mol. The Morgan fingerprint density at radius 1 is 1.00 bits per heavy atom. The molecule has 0 saturated carbocycles. The zero-order valence-corrected chi connectivity index (χ0v) is 19.4. The van der Waals surface area contributed by atoms with Gasteiger partial charge in [-0.25, -0.2) is 8.42 Å². The lowest BCUT2D eigenvalue weighted by Crippen LogP contribution is -2.49. The molecule has 1 N–H and O–H groups in total. The Labute approximate surface area is 180 Å². The fraction of sp³-hybridized carbons (Fsp3) is 0.435. The molecule has 0 heterocycles. The molecule has 0 saturated heterocycles. The van der Waals surface area contributed by atoms with Gasteiger partial charge in [0.25, 0.3) is 0 Å². The Morgan fingerprint density at radius 2 is 1.63 bits per heavy atom. The van der Waals surface area contributed by atoms with E-state index < -0.39 is 16.1 Å². The molecular weight excluding hydrogens is 398 g/mol. The van der Waals surface area contributed by atoms with Crippen LogP contribution in [0.4, 0.5) is 11.4 Å². The summed E-state index contributed by atoms with van der Waals surface area (Å²) in [6.45, 7) is 10.2. The van der Waals surface area contributed by atoms with Crippen LogP contribution in [0.5, 0.6) is 0 Å². The quantitative estimate of drug-likeness (QED) is 0.623. The molecule has 0 aliphatic heterocycles. The standard InChI is InChI=1S/C23H33N3O3S/c1-6-22(26(30(5,28)29)21-11-9-10-18(4)16-21)23(27)24-17-19-12-14-20(15-13-19)25(7-2)8-3/h9-16,22H,6-8,17H2,1-5H3,(H,24,27)/t22-/m0/s1. The number of hydrogen-bond donors (Lipinski definition) is 1. The van der Waals surface area contributed by atoms with Crippen LogP contribution in [0.2, 0.25) is 0 Å². The van der Waals surface area contributed by atoms with Crippen molar-refractivity contribution >= 4 is 27.3 Å². The minimum atomic E-state index is -3.63. The van der Waals surface area contributed by atoms with E-state index in [9.17, 15) is 13.2 Å². The molecule has 0 aromatic heterocycles. The number of aryl methyl sites for hydroxylation is 1. The van der Waals surface area contributed by atoms with Gasteiger partial charge in [-0.3, -0.25) is 9.10 Å². The average Bonchev–Trinajstić information content (AvgIpc) is 2.71. The molecule has 0 radical (unpaired) electrons. The summed E-state index contributed by atoms with van der Waals surface area (Å²) < 4.78 is 26.3. The van der Waals surface area contributed by atoms with Crippen molar-refractivity contribution in [2.45, 2.75) is 46.7 Å². The first-order valence-corrected chi connectivity index (χ1v) is 12.2. The first kappa shape index (κ1) is 23.7. The molecular formula is C23H33N3O3S. The molecule has 2 aromatic carbocycles. The fourth-order valence-electron chi connectivity index (χ4n) is 3.55.